The molecule has 0 bridgehead atoms. The van der Waals surface area contributed by atoms with E-state index in [2.05, 4.69) is 24.9 Å². The first kappa shape index (κ1) is 31.7. The van der Waals surface area contributed by atoms with Crippen LogP contribution in [0.25, 0.3) is 11.3 Å². The summed E-state index contributed by atoms with van der Waals surface area (Å²) in [7, 11) is 0. The van der Waals surface area contributed by atoms with Gasteiger partial charge in [0.05, 0.1) is 35.9 Å². The Bertz CT molecular complexity index is 1020. The third kappa shape index (κ3) is 10.6. The average Bonchev–Trinajstić information content (AvgIpc) is 2.99. The van der Waals surface area contributed by atoms with Crippen LogP contribution in [0.15, 0.2) is 42.6 Å². The molecule has 1 fully saturated rings. The zero-order valence-corrected chi connectivity index (χ0v) is 25.0. The first-order valence-electron chi connectivity index (χ1n) is 15.9. The number of aromatic nitrogens is 1. The quantitative estimate of drug-likeness (QED) is 0.106. The van der Waals surface area contributed by atoms with Crippen molar-refractivity contribution in [2.75, 3.05) is 6.61 Å². The highest BCUT2D eigenvalue weighted by Crippen LogP contribution is 2.43. The molecule has 40 heavy (non-hydrogen) atoms. The Kier molecular flexibility index (Phi) is 14.0. The zero-order chi connectivity index (χ0) is 28.5. The van der Waals surface area contributed by atoms with E-state index in [4.69, 9.17) is 9.47 Å². The Morgan fingerprint density at radius 3 is 2.05 bits per heavy atom. The smallest absolute Gasteiger partial charge is 0.314 e. The van der Waals surface area contributed by atoms with Gasteiger partial charge in [-0.3, -0.25) is 9.78 Å². The average molecular weight is 547 g/mol. The van der Waals surface area contributed by atoms with E-state index in [1.54, 1.807) is 6.20 Å². The van der Waals surface area contributed by atoms with E-state index >= 15 is 0 Å². The minimum absolute atomic E-state index is 0.128. The standard InChI is InChI=1S/C35H50N2O3/c1-3-5-7-9-11-13-23-35(28-36)24-21-30(22-25-35)34(38)40-31-17-15-29(16-18-31)33-20-19-32(27-37-33)39-26-14-12-10-8-6-4-2/h15-20,27,30H,3-14,21-26H2,1-2H3. The molecule has 0 radical (unpaired) electrons. The van der Waals surface area contributed by atoms with E-state index in [9.17, 15) is 10.1 Å². The van der Waals surface area contributed by atoms with E-state index in [0.717, 1.165) is 68.6 Å². The van der Waals surface area contributed by atoms with Crippen LogP contribution < -0.4 is 9.47 Å². The maximum atomic E-state index is 12.9. The fourth-order valence-electron chi connectivity index (χ4n) is 5.67. The van der Waals surface area contributed by atoms with Gasteiger partial charge < -0.3 is 9.47 Å². The van der Waals surface area contributed by atoms with Gasteiger partial charge in [-0.15, -0.1) is 0 Å². The summed E-state index contributed by atoms with van der Waals surface area (Å²) in [4.78, 5) is 17.4. The molecule has 1 aromatic carbocycles. The number of ether oxygens (including phenoxy) is 2. The maximum Gasteiger partial charge on any atom is 0.314 e. The summed E-state index contributed by atoms with van der Waals surface area (Å²) in [6, 6.07) is 14.1. The van der Waals surface area contributed by atoms with Gasteiger partial charge >= 0.3 is 5.97 Å². The summed E-state index contributed by atoms with van der Waals surface area (Å²) in [5.74, 6) is 1.04. The van der Waals surface area contributed by atoms with Crippen molar-refractivity contribution in [1.82, 2.24) is 4.98 Å². The topological polar surface area (TPSA) is 72.2 Å². The summed E-state index contributed by atoms with van der Waals surface area (Å²) in [5.41, 5.74) is 1.56. The van der Waals surface area contributed by atoms with E-state index in [-0.39, 0.29) is 17.3 Å². The van der Waals surface area contributed by atoms with Crippen molar-refractivity contribution in [3.8, 4) is 28.8 Å². The fourth-order valence-corrected chi connectivity index (χ4v) is 5.67. The molecular formula is C35H50N2O3. The molecule has 218 valence electrons. The van der Waals surface area contributed by atoms with Gasteiger partial charge in [-0.2, -0.15) is 5.26 Å². The number of benzene rings is 1. The number of nitriles is 1. The van der Waals surface area contributed by atoms with Gasteiger partial charge in [0.1, 0.15) is 11.5 Å². The van der Waals surface area contributed by atoms with Crippen molar-refractivity contribution < 1.29 is 14.3 Å². The second-order valence-corrected chi connectivity index (χ2v) is 11.6. The van der Waals surface area contributed by atoms with Gasteiger partial charge in [0, 0.05) is 5.56 Å². The van der Waals surface area contributed by atoms with Crippen molar-refractivity contribution >= 4 is 5.97 Å². The number of rotatable bonds is 18. The Labute approximate surface area is 242 Å². The molecule has 0 aliphatic heterocycles. The lowest BCUT2D eigenvalue weighted by Crippen LogP contribution is -2.31. The van der Waals surface area contributed by atoms with Gasteiger partial charge in [-0.1, -0.05) is 84.5 Å². The highest BCUT2D eigenvalue weighted by atomic mass is 16.5. The van der Waals surface area contributed by atoms with E-state index in [1.165, 1.54) is 64.2 Å². The van der Waals surface area contributed by atoms with Crippen molar-refractivity contribution in [3.63, 3.8) is 0 Å². The summed E-state index contributed by atoms with van der Waals surface area (Å²) in [6.07, 6.45) is 20.7. The number of hydrogen-bond donors (Lipinski definition) is 0. The second kappa shape index (κ2) is 17.7. The molecule has 0 spiro atoms. The van der Waals surface area contributed by atoms with Crippen LogP contribution in [-0.4, -0.2) is 17.6 Å². The third-order valence-corrected chi connectivity index (χ3v) is 8.39. The van der Waals surface area contributed by atoms with Crippen LogP contribution in [0.2, 0.25) is 0 Å². The SMILES string of the molecule is CCCCCCCCOc1ccc(-c2ccc(OC(=O)C3CCC(C#N)(CCCCCCCC)CC3)cc2)nc1. The summed E-state index contributed by atoms with van der Waals surface area (Å²) in [6.45, 7) is 5.19. The molecule has 1 aliphatic rings. The van der Waals surface area contributed by atoms with Crippen molar-refractivity contribution in [1.29, 1.82) is 5.26 Å². The van der Waals surface area contributed by atoms with Gasteiger partial charge in [0.2, 0.25) is 0 Å². The number of pyridine rings is 1. The maximum absolute atomic E-state index is 12.9. The lowest BCUT2D eigenvalue weighted by molar-refractivity contribution is -0.140. The van der Waals surface area contributed by atoms with Crippen molar-refractivity contribution in [3.05, 3.63) is 42.6 Å². The number of esters is 1. The van der Waals surface area contributed by atoms with Crippen LogP contribution in [0.3, 0.4) is 0 Å². The van der Waals surface area contributed by atoms with E-state index < -0.39 is 0 Å². The molecule has 0 atom stereocenters. The predicted octanol–water partition coefficient (Wildman–Crippen LogP) is 9.84. The minimum Gasteiger partial charge on any atom is -0.492 e. The highest BCUT2D eigenvalue weighted by Gasteiger charge is 2.38. The molecule has 5 heteroatoms. The van der Waals surface area contributed by atoms with Crippen LogP contribution in [0.4, 0.5) is 0 Å². The van der Waals surface area contributed by atoms with E-state index in [0.29, 0.717) is 5.75 Å². The second-order valence-electron chi connectivity index (χ2n) is 11.6. The molecule has 5 nitrogen and oxygen atoms in total. The molecule has 0 unspecified atom stereocenters. The number of unbranched alkanes of at least 4 members (excludes halogenated alkanes) is 10. The largest absolute Gasteiger partial charge is 0.492 e. The molecule has 2 aromatic rings. The van der Waals surface area contributed by atoms with Crippen LogP contribution in [-0.2, 0) is 4.79 Å². The number of hydrogen-bond acceptors (Lipinski definition) is 5. The predicted molar refractivity (Wildman–Crippen MR) is 162 cm³/mol. The van der Waals surface area contributed by atoms with Crippen molar-refractivity contribution in [2.24, 2.45) is 11.3 Å². The molecular weight excluding hydrogens is 496 g/mol. The van der Waals surface area contributed by atoms with Crippen LogP contribution in [0, 0.1) is 22.7 Å². The molecule has 0 amide bonds. The molecule has 1 saturated carbocycles. The monoisotopic (exact) mass is 546 g/mol. The highest BCUT2D eigenvalue weighted by molar-refractivity contribution is 5.75. The Balaban J connectivity index is 1.39. The van der Waals surface area contributed by atoms with Crippen LogP contribution in [0.5, 0.6) is 11.5 Å². The molecule has 0 N–H and O–H groups in total. The fraction of sp³-hybridized carbons (Fsp3) is 0.629. The minimum atomic E-state index is -0.259. The van der Waals surface area contributed by atoms with Crippen LogP contribution >= 0.6 is 0 Å². The van der Waals surface area contributed by atoms with Gasteiger partial charge in [0.15, 0.2) is 0 Å². The summed E-state index contributed by atoms with van der Waals surface area (Å²) >= 11 is 0. The Morgan fingerprint density at radius 1 is 0.850 bits per heavy atom. The van der Waals surface area contributed by atoms with Crippen LogP contribution in [0.1, 0.15) is 123 Å². The molecule has 0 saturated heterocycles. The van der Waals surface area contributed by atoms with Gasteiger partial charge in [-0.05, 0) is 74.9 Å². The molecule has 1 heterocycles. The third-order valence-electron chi connectivity index (χ3n) is 8.39. The van der Waals surface area contributed by atoms with E-state index in [1.807, 2.05) is 36.4 Å². The Hall–Kier alpha value is -2.87. The first-order chi connectivity index (χ1) is 19.6. The van der Waals surface area contributed by atoms with Crippen molar-refractivity contribution in [2.45, 2.75) is 123 Å². The van der Waals surface area contributed by atoms with Gasteiger partial charge in [0.25, 0.3) is 0 Å². The zero-order valence-electron chi connectivity index (χ0n) is 25.0. The lowest BCUT2D eigenvalue weighted by atomic mass is 9.69. The number of nitrogens with zero attached hydrogens (tertiary/aromatic N) is 2. The molecule has 3 rings (SSSR count). The first-order valence-corrected chi connectivity index (χ1v) is 15.9. The molecule has 1 aromatic heterocycles. The summed E-state index contributed by atoms with van der Waals surface area (Å²) < 4.78 is 11.6. The molecule has 1 aliphatic carbocycles. The lowest BCUT2D eigenvalue weighted by Gasteiger charge is -2.34. The normalized spacial score (nSPS) is 18.7. The number of carbonyl (C=O) groups is 1. The summed E-state index contributed by atoms with van der Waals surface area (Å²) in [5, 5.41) is 9.88. The number of carbonyl (C=O) groups excluding carboxylic acids is 1. The Morgan fingerprint density at radius 2 is 1.45 bits per heavy atom. The van der Waals surface area contributed by atoms with Gasteiger partial charge in [-0.25, -0.2) is 0 Å².